The van der Waals surface area contributed by atoms with Gasteiger partial charge in [-0.3, -0.25) is 14.5 Å². The fourth-order valence-corrected chi connectivity index (χ4v) is 7.26. The van der Waals surface area contributed by atoms with Gasteiger partial charge in [-0.15, -0.1) is 10.2 Å². The summed E-state index contributed by atoms with van der Waals surface area (Å²) in [5.74, 6) is -0.499. The number of carbonyl (C=O) groups excluding carboxylic acids is 2. The SMILES string of the molecule is C=CCOc1ccc(C2/C(=C(\O)c3nc4c(C)cccn4c3C)C(=O)C(=O)N2c2nnc(SCc3ccc(C)cc3)s2)cc1OCC. The van der Waals surface area contributed by atoms with E-state index in [-0.39, 0.29) is 28.8 Å². The van der Waals surface area contributed by atoms with Gasteiger partial charge in [0.2, 0.25) is 5.13 Å². The third-order valence-electron chi connectivity index (χ3n) is 7.78. The molecule has 5 aromatic rings. The number of carbonyl (C=O) groups is 2. The lowest BCUT2D eigenvalue weighted by Crippen LogP contribution is -2.29. The molecule has 0 aliphatic carbocycles. The van der Waals surface area contributed by atoms with E-state index >= 15 is 0 Å². The minimum absolute atomic E-state index is 0.106. The summed E-state index contributed by atoms with van der Waals surface area (Å²) in [5, 5.41) is 20.8. The van der Waals surface area contributed by atoms with Gasteiger partial charge in [0.25, 0.3) is 5.78 Å². The molecule has 12 heteroatoms. The first-order valence-electron chi connectivity index (χ1n) is 15.0. The van der Waals surface area contributed by atoms with Gasteiger partial charge < -0.3 is 19.0 Å². The Morgan fingerprint density at radius 2 is 1.85 bits per heavy atom. The monoisotopic (exact) mass is 667 g/mol. The van der Waals surface area contributed by atoms with E-state index in [0.29, 0.717) is 45.1 Å². The second kappa shape index (κ2) is 13.4. The molecule has 1 unspecified atom stereocenters. The number of benzene rings is 2. The van der Waals surface area contributed by atoms with E-state index in [9.17, 15) is 14.7 Å². The maximum atomic E-state index is 13.9. The number of ether oxygens (including phenoxy) is 2. The minimum Gasteiger partial charge on any atom is -0.505 e. The van der Waals surface area contributed by atoms with Crippen LogP contribution in [0.4, 0.5) is 5.13 Å². The van der Waals surface area contributed by atoms with Crippen molar-refractivity contribution in [3.8, 4) is 11.5 Å². The molecular weight excluding hydrogens is 635 g/mol. The Balaban J connectivity index is 1.47. The predicted molar refractivity (Wildman–Crippen MR) is 183 cm³/mol. The summed E-state index contributed by atoms with van der Waals surface area (Å²) in [4.78, 5) is 33.7. The molecule has 1 amide bonds. The number of pyridine rings is 1. The molecule has 0 bridgehead atoms. The van der Waals surface area contributed by atoms with Crippen LogP contribution < -0.4 is 14.4 Å². The molecule has 47 heavy (non-hydrogen) atoms. The van der Waals surface area contributed by atoms with Crippen LogP contribution in [0.3, 0.4) is 0 Å². The number of ketones is 1. The molecule has 4 heterocycles. The summed E-state index contributed by atoms with van der Waals surface area (Å²) in [6.45, 7) is 11.9. The van der Waals surface area contributed by atoms with E-state index in [4.69, 9.17) is 9.47 Å². The lowest BCUT2D eigenvalue weighted by atomic mass is 9.96. The van der Waals surface area contributed by atoms with Crippen LogP contribution in [0.15, 0.2) is 83.4 Å². The number of aryl methyl sites for hydroxylation is 3. The summed E-state index contributed by atoms with van der Waals surface area (Å²) >= 11 is 2.70. The van der Waals surface area contributed by atoms with Crippen molar-refractivity contribution in [2.75, 3.05) is 18.1 Å². The maximum absolute atomic E-state index is 13.9. The Morgan fingerprint density at radius 1 is 1.06 bits per heavy atom. The number of amides is 1. The fraction of sp³-hybridized carbons (Fsp3) is 0.229. The lowest BCUT2D eigenvalue weighted by molar-refractivity contribution is -0.132. The first-order chi connectivity index (χ1) is 22.7. The van der Waals surface area contributed by atoms with Gasteiger partial charge in [0.1, 0.15) is 17.9 Å². The van der Waals surface area contributed by atoms with Crippen LogP contribution in [0.5, 0.6) is 11.5 Å². The maximum Gasteiger partial charge on any atom is 0.301 e. The molecule has 3 aromatic heterocycles. The van der Waals surface area contributed by atoms with Crippen molar-refractivity contribution in [2.24, 2.45) is 0 Å². The highest BCUT2D eigenvalue weighted by Crippen LogP contribution is 2.46. The number of anilines is 1. The van der Waals surface area contributed by atoms with E-state index in [1.807, 2.05) is 43.5 Å². The van der Waals surface area contributed by atoms with Gasteiger partial charge in [-0.2, -0.15) is 0 Å². The van der Waals surface area contributed by atoms with Gasteiger partial charge in [0, 0.05) is 11.9 Å². The van der Waals surface area contributed by atoms with Gasteiger partial charge >= 0.3 is 5.91 Å². The zero-order valence-electron chi connectivity index (χ0n) is 26.4. The minimum atomic E-state index is -1.05. The molecule has 240 valence electrons. The molecule has 1 N–H and O–H groups in total. The molecule has 1 aliphatic rings. The zero-order chi connectivity index (χ0) is 33.2. The molecule has 2 aromatic carbocycles. The first kappa shape index (κ1) is 32.0. The van der Waals surface area contributed by atoms with Crippen molar-refractivity contribution < 1.29 is 24.2 Å². The quantitative estimate of drug-likeness (QED) is 0.0397. The Bertz CT molecular complexity index is 2030. The van der Waals surface area contributed by atoms with Crippen molar-refractivity contribution in [1.82, 2.24) is 19.6 Å². The normalized spacial score (nSPS) is 15.8. The van der Waals surface area contributed by atoms with Crippen molar-refractivity contribution in [2.45, 2.75) is 43.8 Å². The molecular formula is C35H33N5O5S2. The smallest absolute Gasteiger partial charge is 0.301 e. The van der Waals surface area contributed by atoms with Crippen molar-refractivity contribution in [3.05, 3.63) is 113 Å². The Kier molecular flexibility index (Phi) is 9.15. The zero-order valence-corrected chi connectivity index (χ0v) is 28.0. The molecule has 1 fully saturated rings. The first-order valence-corrected chi connectivity index (χ1v) is 16.8. The summed E-state index contributed by atoms with van der Waals surface area (Å²) < 4.78 is 14.2. The molecule has 10 nitrogen and oxygen atoms in total. The number of hydrogen-bond donors (Lipinski definition) is 1. The van der Waals surface area contributed by atoms with Gasteiger partial charge in [0.05, 0.1) is 23.9 Å². The van der Waals surface area contributed by atoms with Gasteiger partial charge in [-0.05, 0) is 62.6 Å². The highest BCUT2D eigenvalue weighted by Gasteiger charge is 2.49. The number of hydrogen-bond acceptors (Lipinski definition) is 10. The van der Waals surface area contributed by atoms with E-state index in [1.54, 1.807) is 31.2 Å². The number of nitrogens with zero attached hydrogens (tertiary/aromatic N) is 5. The van der Waals surface area contributed by atoms with Crippen LogP contribution in [0, 0.1) is 20.8 Å². The van der Waals surface area contributed by atoms with E-state index in [0.717, 1.165) is 11.1 Å². The number of thioether (sulfide) groups is 1. The van der Waals surface area contributed by atoms with Crippen molar-refractivity contribution >= 4 is 51.3 Å². The number of aliphatic hydroxyl groups is 1. The van der Waals surface area contributed by atoms with E-state index in [1.165, 1.54) is 33.6 Å². The molecule has 1 aliphatic heterocycles. The Hall–Kier alpha value is -4.94. The van der Waals surface area contributed by atoms with Crippen LogP contribution in [0.2, 0.25) is 0 Å². The molecule has 1 atom stereocenters. The molecule has 0 spiro atoms. The van der Waals surface area contributed by atoms with Crippen LogP contribution in [-0.4, -0.2) is 49.6 Å². The number of aromatic nitrogens is 4. The molecule has 1 saturated heterocycles. The third kappa shape index (κ3) is 6.13. The molecule has 0 saturated carbocycles. The highest BCUT2D eigenvalue weighted by atomic mass is 32.2. The fourth-order valence-electron chi connectivity index (χ4n) is 5.44. The topological polar surface area (TPSA) is 119 Å². The standard InChI is InChI=1S/C35H33N5O5S2/c1-6-17-45-25-15-14-24(18-26(25)44-7-2)29-27(30(41)28-22(5)39-16-8-9-21(4)32(39)36-28)31(42)33(43)40(29)34-37-38-35(47-34)46-19-23-12-10-20(3)11-13-23/h6,8-16,18,29,41H,1,7,17,19H2,2-5H3/b30-27+. The van der Waals surface area contributed by atoms with Crippen LogP contribution in [0.1, 0.15) is 46.6 Å². The number of fused-ring (bicyclic) bond motifs is 1. The van der Waals surface area contributed by atoms with Crippen LogP contribution in [-0.2, 0) is 15.3 Å². The second-order valence-corrected chi connectivity index (χ2v) is 13.1. The van der Waals surface area contributed by atoms with Gasteiger partial charge in [-0.25, -0.2) is 4.98 Å². The average Bonchev–Trinajstić information content (AvgIpc) is 3.75. The predicted octanol–water partition coefficient (Wildman–Crippen LogP) is 6.99. The van der Waals surface area contributed by atoms with Crippen LogP contribution in [0.25, 0.3) is 11.4 Å². The number of aliphatic hydroxyl groups excluding tert-OH is 1. The molecule has 6 rings (SSSR count). The number of rotatable bonds is 11. The second-order valence-electron chi connectivity index (χ2n) is 11.0. The van der Waals surface area contributed by atoms with E-state index in [2.05, 4.69) is 46.0 Å². The van der Waals surface area contributed by atoms with Crippen LogP contribution >= 0.6 is 23.1 Å². The van der Waals surface area contributed by atoms with Gasteiger partial charge in [-0.1, -0.05) is 77.7 Å². The van der Waals surface area contributed by atoms with Gasteiger partial charge in [0.15, 0.2) is 21.6 Å². The van der Waals surface area contributed by atoms with E-state index < -0.39 is 17.7 Å². The van der Waals surface area contributed by atoms with Crippen molar-refractivity contribution in [1.29, 1.82) is 0 Å². The number of Topliss-reactive ketones (excluding diaryl/α,β-unsaturated/α-hetero) is 1. The third-order valence-corrected chi connectivity index (χ3v) is 9.90. The lowest BCUT2D eigenvalue weighted by Gasteiger charge is -2.23. The summed E-state index contributed by atoms with van der Waals surface area (Å²) in [7, 11) is 0. The molecule has 0 radical (unpaired) electrons. The average molecular weight is 668 g/mol. The van der Waals surface area contributed by atoms with Crippen molar-refractivity contribution in [3.63, 3.8) is 0 Å². The number of imidazole rings is 1. The summed E-state index contributed by atoms with van der Waals surface area (Å²) in [6.07, 6.45) is 3.46. The summed E-state index contributed by atoms with van der Waals surface area (Å²) in [6, 6.07) is 16.2. The Labute approximate surface area is 280 Å². The largest absolute Gasteiger partial charge is 0.505 e. The Morgan fingerprint density at radius 3 is 2.57 bits per heavy atom. The summed E-state index contributed by atoms with van der Waals surface area (Å²) in [5.41, 5.74) is 5.08. The highest BCUT2D eigenvalue weighted by molar-refractivity contribution is 8.00.